The molecule has 78 valence electrons. The summed E-state index contributed by atoms with van der Waals surface area (Å²) in [5.74, 6) is 0. The first-order chi connectivity index (χ1) is 6.81. The fraction of sp³-hybridized carbons (Fsp3) is 0.700. The number of anilines is 1. The molecule has 0 bridgehead atoms. The molecule has 1 fully saturated rings. The van der Waals surface area contributed by atoms with Gasteiger partial charge >= 0.3 is 0 Å². The molecule has 1 aliphatic heterocycles. The minimum Gasteiger partial charge on any atom is -0.346 e. The molecule has 1 saturated heterocycles. The third kappa shape index (κ3) is 1.91. The Hall–Kier alpha value is -0.610. The Bertz CT molecular complexity index is 302. The van der Waals surface area contributed by atoms with E-state index in [2.05, 4.69) is 29.0 Å². The lowest BCUT2D eigenvalue weighted by Crippen LogP contribution is -2.43. The number of nitrogens with zero attached hydrogens (tertiary/aromatic N) is 2. The van der Waals surface area contributed by atoms with Gasteiger partial charge in [-0.2, -0.15) is 0 Å². The average Bonchev–Trinajstić information content (AvgIpc) is 2.61. The second-order valence-electron chi connectivity index (χ2n) is 3.59. The van der Waals surface area contributed by atoms with Gasteiger partial charge in [0.25, 0.3) is 0 Å². The van der Waals surface area contributed by atoms with Crippen molar-refractivity contribution in [2.45, 2.75) is 20.3 Å². The number of aryl methyl sites for hydroxylation is 2. The molecule has 0 unspecified atom stereocenters. The highest BCUT2D eigenvalue weighted by molar-refractivity contribution is 7.15. The smallest absolute Gasteiger partial charge is 0.185 e. The van der Waals surface area contributed by atoms with Gasteiger partial charge in [0.15, 0.2) is 5.13 Å². The van der Waals surface area contributed by atoms with Crippen molar-refractivity contribution in [2.75, 3.05) is 31.1 Å². The molecule has 0 aromatic carbocycles. The van der Waals surface area contributed by atoms with E-state index in [9.17, 15) is 0 Å². The van der Waals surface area contributed by atoms with Gasteiger partial charge in [-0.05, 0) is 13.3 Å². The molecule has 2 heterocycles. The van der Waals surface area contributed by atoms with Gasteiger partial charge in [-0.25, -0.2) is 4.98 Å². The maximum atomic E-state index is 4.67. The molecule has 0 spiro atoms. The van der Waals surface area contributed by atoms with E-state index in [0.29, 0.717) is 0 Å². The number of rotatable bonds is 2. The predicted molar refractivity (Wildman–Crippen MR) is 61.3 cm³/mol. The summed E-state index contributed by atoms with van der Waals surface area (Å²) in [7, 11) is 0. The number of piperazine rings is 1. The van der Waals surface area contributed by atoms with Gasteiger partial charge < -0.3 is 10.2 Å². The normalized spacial score (nSPS) is 17.4. The van der Waals surface area contributed by atoms with E-state index in [4.69, 9.17) is 0 Å². The molecule has 0 radical (unpaired) electrons. The fourth-order valence-corrected chi connectivity index (χ4v) is 2.78. The van der Waals surface area contributed by atoms with Crippen LogP contribution in [0.15, 0.2) is 0 Å². The SMILES string of the molecule is CCc1nc(N2CCNCC2)sc1C. The first-order valence-electron chi connectivity index (χ1n) is 5.23. The number of hydrogen-bond donors (Lipinski definition) is 1. The van der Waals surface area contributed by atoms with Gasteiger partial charge in [0.1, 0.15) is 0 Å². The van der Waals surface area contributed by atoms with E-state index in [-0.39, 0.29) is 0 Å². The zero-order valence-corrected chi connectivity index (χ0v) is 9.65. The van der Waals surface area contributed by atoms with Crippen molar-refractivity contribution < 1.29 is 0 Å². The van der Waals surface area contributed by atoms with Gasteiger partial charge in [-0.3, -0.25) is 0 Å². The van der Waals surface area contributed by atoms with E-state index >= 15 is 0 Å². The number of aromatic nitrogens is 1. The highest BCUT2D eigenvalue weighted by Crippen LogP contribution is 2.25. The van der Waals surface area contributed by atoms with Crippen molar-refractivity contribution in [3.8, 4) is 0 Å². The molecule has 0 aliphatic carbocycles. The topological polar surface area (TPSA) is 28.2 Å². The summed E-state index contributed by atoms with van der Waals surface area (Å²) < 4.78 is 0. The van der Waals surface area contributed by atoms with Crippen LogP contribution in [-0.2, 0) is 6.42 Å². The van der Waals surface area contributed by atoms with Gasteiger partial charge in [-0.1, -0.05) is 6.92 Å². The number of thiazole rings is 1. The summed E-state index contributed by atoms with van der Waals surface area (Å²) in [6, 6.07) is 0. The largest absolute Gasteiger partial charge is 0.346 e. The Labute approximate surface area is 89.1 Å². The van der Waals surface area contributed by atoms with Crippen LogP contribution in [-0.4, -0.2) is 31.2 Å². The van der Waals surface area contributed by atoms with Gasteiger partial charge in [0.05, 0.1) is 5.69 Å². The second-order valence-corrected chi connectivity index (χ2v) is 4.77. The van der Waals surface area contributed by atoms with Gasteiger partial charge in [0, 0.05) is 31.1 Å². The van der Waals surface area contributed by atoms with Crippen LogP contribution in [0.2, 0.25) is 0 Å². The van der Waals surface area contributed by atoms with Crippen molar-refractivity contribution in [2.24, 2.45) is 0 Å². The van der Waals surface area contributed by atoms with E-state index in [1.54, 1.807) is 0 Å². The quantitative estimate of drug-likeness (QED) is 0.802. The molecule has 1 N–H and O–H groups in total. The lowest BCUT2D eigenvalue weighted by Gasteiger charge is -2.26. The lowest BCUT2D eigenvalue weighted by atomic mass is 10.3. The molecule has 1 aromatic heterocycles. The summed E-state index contributed by atoms with van der Waals surface area (Å²) in [6.45, 7) is 8.69. The van der Waals surface area contributed by atoms with Crippen molar-refractivity contribution in [1.29, 1.82) is 0 Å². The van der Waals surface area contributed by atoms with Crippen LogP contribution < -0.4 is 10.2 Å². The summed E-state index contributed by atoms with van der Waals surface area (Å²) in [4.78, 5) is 8.43. The maximum absolute atomic E-state index is 4.67. The summed E-state index contributed by atoms with van der Waals surface area (Å²) in [5.41, 5.74) is 1.27. The molecule has 0 saturated carbocycles. The Balaban J connectivity index is 2.14. The second kappa shape index (κ2) is 4.28. The standard InChI is InChI=1S/C10H17N3S/c1-3-9-8(2)14-10(12-9)13-6-4-11-5-7-13/h11H,3-7H2,1-2H3. The van der Waals surface area contributed by atoms with Crippen molar-refractivity contribution in [3.63, 3.8) is 0 Å². The van der Waals surface area contributed by atoms with Gasteiger partial charge in [-0.15, -0.1) is 11.3 Å². The lowest BCUT2D eigenvalue weighted by molar-refractivity contribution is 0.588. The van der Waals surface area contributed by atoms with Crippen LogP contribution in [0, 0.1) is 6.92 Å². The van der Waals surface area contributed by atoms with Crippen LogP contribution in [0.25, 0.3) is 0 Å². The first-order valence-corrected chi connectivity index (χ1v) is 6.05. The van der Waals surface area contributed by atoms with Gasteiger partial charge in [0.2, 0.25) is 0 Å². The Morgan fingerprint density at radius 3 is 2.71 bits per heavy atom. The Kier molecular flexibility index (Phi) is 3.03. The minimum atomic E-state index is 1.05. The van der Waals surface area contributed by atoms with Crippen molar-refractivity contribution >= 4 is 16.5 Å². The van der Waals surface area contributed by atoms with Crippen LogP contribution in [0.1, 0.15) is 17.5 Å². The molecule has 1 aliphatic rings. The van der Waals surface area contributed by atoms with Crippen molar-refractivity contribution in [3.05, 3.63) is 10.6 Å². The van der Waals surface area contributed by atoms with E-state index in [0.717, 1.165) is 32.6 Å². The molecule has 0 amide bonds. The third-order valence-electron chi connectivity index (χ3n) is 2.60. The van der Waals surface area contributed by atoms with E-state index in [1.165, 1.54) is 15.7 Å². The number of hydrogen-bond acceptors (Lipinski definition) is 4. The average molecular weight is 211 g/mol. The Morgan fingerprint density at radius 2 is 2.14 bits per heavy atom. The molecule has 4 heteroatoms. The van der Waals surface area contributed by atoms with E-state index < -0.39 is 0 Å². The molecular weight excluding hydrogens is 194 g/mol. The van der Waals surface area contributed by atoms with Crippen LogP contribution in [0.3, 0.4) is 0 Å². The fourth-order valence-electron chi connectivity index (χ4n) is 1.73. The maximum Gasteiger partial charge on any atom is 0.185 e. The predicted octanol–water partition coefficient (Wildman–Crippen LogP) is 1.42. The Morgan fingerprint density at radius 1 is 1.43 bits per heavy atom. The molecule has 0 atom stereocenters. The van der Waals surface area contributed by atoms with Crippen LogP contribution in [0.4, 0.5) is 5.13 Å². The van der Waals surface area contributed by atoms with Crippen LogP contribution in [0.5, 0.6) is 0 Å². The zero-order valence-electron chi connectivity index (χ0n) is 8.84. The summed E-state index contributed by atoms with van der Waals surface area (Å²) in [5, 5.41) is 4.56. The molecule has 3 nitrogen and oxygen atoms in total. The first kappa shape index (κ1) is 9.93. The summed E-state index contributed by atoms with van der Waals surface area (Å²) in [6.07, 6.45) is 1.05. The minimum absolute atomic E-state index is 1.05. The van der Waals surface area contributed by atoms with Crippen molar-refractivity contribution in [1.82, 2.24) is 10.3 Å². The monoisotopic (exact) mass is 211 g/mol. The summed E-state index contributed by atoms with van der Waals surface area (Å²) >= 11 is 1.83. The molecule has 2 rings (SSSR count). The van der Waals surface area contributed by atoms with Crippen LogP contribution >= 0.6 is 11.3 Å². The molecule has 14 heavy (non-hydrogen) atoms. The zero-order chi connectivity index (χ0) is 9.97. The van der Waals surface area contributed by atoms with E-state index in [1.807, 2.05) is 11.3 Å². The highest BCUT2D eigenvalue weighted by atomic mass is 32.1. The highest BCUT2D eigenvalue weighted by Gasteiger charge is 2.15. The third-order valence-corrected chi connectivity index (χ3v) is 3.68. The number of nitrogens with one attached hydrogen (secondary N) is 1. The molecular formula is C10H17N3S. The molecule has 1 aromatic rings.